The van der Waals surface area contributed by atoms with Crippen LogP contribution in [0.4, 0.5) is 0 Å². The highest BCUT2D eigenvalue weighted by atomic mass is 15.1. The van der Waals surface area contributed by atoms with Gasteiger partial charge >= 0.3 is 0 Å². The molecule has 1 saturated heterocycles. The molecule has 0 radical (unpaired) electrons. The molecule has 0 unspecified atom stereocenters. The smallest absolute Gasteiger partial charge is 0.0702 e. The van der Waals surface area contributed by atoms with Crippen LogP contribution in [0.2, 0.25) is 0 Å². The summed E-state index contributed by atoms with van der Waals surface area (Å²) in [4.78, 5) is 6.78. The number of pyridine rings is 1. The second kappa shape index (κ2) is 4.46. The summed E-state index contributed by atoms with van der Waals surface area (Å²) < 4.78 is 0. The minimum atomic E-state index is 0.828. The summed E-state index contributed by atoms with van der Waals surface area (Å²) in [6.45, 7) is 2.49. The van der Waals surface area contributed by atoms with E-state index in [-0.39, 0.29) is 0 Å². The van der Waals surface area contributed by atoms with E-state index >= 15 is 0 Å². The molecule has 2 nitrogen and oxygen atoms in total. The molecule has 1 aliphatic heterocycles. The highest BCUT2D eigenvalue weighted by molar-refractivity contribution is 5.78. The van der Waals surface area contributed by atoms with Crippen molar-refractivity contribution in [3.05, 3.63) is 42.1 Å². The first-order valence-corrected chi connectivity index (χ1v) is 6.33. The van der Waals surface area contributed by atoms with Gasteiger partial charge in [-0.3, -0.25) is 4.98 Å². The summed E-state index contributed by atoms with van der Waals surface area (Å²) in [5.74, 6) is 0.828. The molecule has 1 atom stereocenters. The fraction of sp³-hybridized carbons (Fsp3) is 0.400. The summed E-state index contributed by atoms with van der Waals surface area (Å²) in [6.07, 6.45) is 4.39. The summed E-state index contributed by atoms with van der Waals surface area (Å²) in [6, 6.07) is 10.8. The maximum atomic E-state index is 4.36. The molecule has 3 rings (SSSR count). The molecular weight excluding hydrogens is 208 g/mol. The Kier molecular flexibility index (Phi) is 2.81. The number of fused-ring (bicyclic) bond motifs is 1. The van der Waals surface area contributed by atoms with E-state index in [9.17, 15) is 0 Å². The van der Waals surface area contributed by atoms with Crippen molar-refractivity contribution in [1.29, 1.82) is 0 Å². The van der Waals surface area contributed by atoms with Crippen molar-refractivity contribution in [1.82, 2.24) is 9.88 Å². The molecule has 0 aliphatic carbocycles. The van der Waals surface area contributed by atoms with Crippen molar-refractivity contribution in [2.75, 3.05) is 20.1 Å². The molecule has 2 heteroatoms. The lowest BCUT2D eigenvalue weighted by molar-refractivity contribution is 0.394. The zero-order chi connectivity index (χ0) is 11.7. The molecule has 1 aromatic carbocycles. The Balaban J connectivity index is 1.81. The van der Waals surface area contributed by atoms with Gasteiger partial charge in [-0.05, 0) is 56.1 Å². The van der Waals surface area contributed by atoms with Crippen LogP contribution in [0.5, 0.6) is 0 Å². The molecule has 0 spiro atoms. The first-order valence-electron chi connectivity index (χ1n) is 6.33. The average molecular weight is 226 g/mol. The van der Waals surface area contributed by atoms with E-state index in [2.05, 4.69) is 41.2 Å². The van der Waals surface area contributed by atoms with Gasteiger partial charge in [-0.1, -0.05) is 12.1 Å². The normalized spacial score (nSPS) is 21.1. The molecule has 2 aromatic rings. The predicted octanol–water partition coefficient (Wildman–Crippen LogP) is 2.73. The molecule has 17 heavy (non-hydrogen) atoms. The zero-order valence-corrected chi connectivity index (χ0v) is 10.3. The molecule has 1 fully saturated rings. The molecule has 88 valence electrons. The van der Waals surface area contributed by atoms with Gasteiger partial charge < -0.3 is 4.90 Å². The van der Waals surface area contributed by atoms with Crippen molar-refractivity contribution < 1.29 is 0 Å². The van der Waals surface area contributed by atoms with Gasteiger partial charge in [0, 0.05) is 18.1 Å². The van der Waals surface area contributed by atoms with Crippen LogP contribution >= 0.6 is 0 Å². The molecule has 0 amide bonds. The fourth-order valence-electron chi connectivity index (χ4n) is 2.78. The maximum absolute atomic E-state index is 4.36. The Morgan fingerprint density at radius 1 is 1.35 bits per heavy atom. The minimum Gasteiger partial charge on any atom is -0.306 e. The van der Waals surface area contributed by atoms with Crippen LogP contribution in [0, 0.1) is 5.92 Å². The van der Waals surface area contributed by atoms with Gasteiger partial charge in [-0.25, -0.2) is 0 Å². The Bertz CT molecular complexity index is 521. The maximum Gasteiger partial charge on any atom is 0.0702 e. The van der Waals surface area contributed by atoms with Gasteiger partial charge in [0.2, 0.25) is 0 Å². The molecule has 0 saturated carbocycles. The SMILES string of the molecule is CN1CC[C@@H](Cc2ccc3ncccc3c2)C1. The number of hydrogen-bond acceptors (Lipinski definition) is 2. The van der Waals surface area contributed by atoms with Crippen LogP contribution in [0.25, 0.3) is 10.9 Å². The van der Waals surface area contributed by atoms with Crippen molar-refractivity contribution in [2.45, 2.75) is 12.8 Å². The van der Waals surface area contributed by atoms with Crippen LogP contribution in [0.15, 0.2) is 36.5 Å². The largest absolute Gasteiger partial charge is 0.306 e. The number of likely N-dealkylation sites (tertiary alicyclic amines) is 1. The van der Waals surface area contributed by atoms with Crippen molar-refractivity contribution in [3.63, 3.8) is 0 Å². The molecule has 1 aliphatic rings. The van der Waals surface area contributed by atoms with Crippen LogP contribution in [-0.2, 0) is 6.42 Å². The van der Waals surface area contributed by atoms with E-state index in [1.54, 1.807) is 0 Å². The summed E-state index contributed by atoms with van der Waals surface area (Å²) >= 11 is 0. The Labute approximate surface area is 102 Å². The lowest BCUT2D eigenvalue weighted by Gasteiger charge is -2.10. The Morgan fingerprint density at radius 2 is 2.29 bits per heavy atom. The first-order chi connectivity index (χ1) is 8.31. The van der Waals surface area contributed by atoms with Gasteiger partial charge in [0.05, 0.1) is 5.52 Å². The van der Waals surface area contributed by atoms with Crippen molar-refractivity contribution in [3.8, 4) is 0 Å². The van der Waals surface area contributed by atoms with Crippen LogP contribution in [-0.4, -0.2) is 30.0 Å². The number of aromatic nitrogens is 1. The lowest BCUT2D eigenvalue weighted by Crippen LogP contribution is -2.14. The summed E-state index contributed by atoms with van der Waals surface area (Å²) in [5, 5.41) is 1.26. The first kappa shape index (κ1) is 10.7. The van der Waals surface area contributed by atoms with Gasteiger partial charge in [0.25, 0.3) is 0 Å². The summed E-state index contributed by atoms with van der Waals surface area (Å²) in [5.41, 5.74) is 2.55. The van der Waals surface area contributed by atoms with Crippen LogP contribution < -0.4 is 0 Å². The van der Waals surface area contributed by atoms with Gasteiger partial charge in [-0.15, -0.1) is 0 Å². The van der Waals surface area contributed by atoms with Crippen molar-refractivity contribution in [2.24, 2.45) is 5.92 Å². The number of hydrogen-bond donors (Lipinski definition) is 0. The van der Waals surface area contributed by atoms with E-state index in [1.807, 2.05) is 12.3 Å². The predicted molar refractivity (Wildman–Crippen MR) is 71.1 cm³/mol. The summed E-state index contributed by atoms with van der Waals surface area (Å²) in [7, 11) is 2.21. The fourth-order valence-corrected chi connectivity index (χ4v) is 2.78. The van der Waals surface area contributed by atoms with Gasteiger partial charge in [0.15, 0.2) is 0 Å². The topological polar surface area (TPSA) is 16.1 Å². The molecule has 2 heterocycles. The van der Waals surface area contributed by atoms with Crippen LogP contribution in [0.1, 0.15) is 12.0 Å². The van der Waals surface area contributed by atoms with Gasteiger partial charge in [0.1, 0.15) is 0 Å². The third-order valence-electron chi connectivity index (χ3n) is 3.68. The lowest BCUT2D eigenvalue weighted by atomic mass is 9.97. The third-order valence-corrected chi connectivity index (χ3v) is 3.68. The Hall–Kier alpha value is -1.41. The van der Waals surface area contributed by atoms with E-state index in [1.165, 1.54) is 36.9 Å². The number of benzene rings is 1. The van der Waals surface area contributed by atoms with E-state index < -0.39 is 0 Å². The molecular formula is C15H18N2. The monoisotopic (exact) mass is 226 g/mol. The van der Waals surface area contributed by atoms with Crippen LogP contribution in [0.3, 0.4) is 0 Å². The second-order valence-electron chi connectivity index (χ2n) is 5.15. The molecule has 0 N–H and O–H groups in total. The average Bonchev–Trinajstić information content (AvgIpc) is 2.75. The highest BCUT2D eigenvalue weighted by Crippen LogP contribution is 2.21. The van der Waals surface area contributed by atoms with E-state index in [0.717, 1.165) is 11.4 Å². The second-order valence-corrected chi connectivity index (χ2v) is 5.15. The number of nitrogens with zero attached hydrogens (tertiary/aromatic N) is 2. The molecule has 1 aromatic heterocycles. The molecule has 0 bridgehead atoms. The zero-order valence-electron chi connectivity index (χ0n) is 10.3. The van der Waals surface area contributed by atoms with Crippen molar-refractivity contribution >= 4 is 10.9 Å². The Morgan fingerprint density at radius 3 is 3.12 bits per heavy atom. The third kappa shape index (κ3) is 2.32. The highest BCUT2D eigenvalue weighted by Gasteiger charge is 2.19. The minimum absolute atomic E-state index is 0.828. The van der Waals surface area contributed by atoms with Gasteiger partial charge in [-0.2, -0.15) is 0 Å². The van der Waals surface area contributed by atoms with E-state index in [0.29, 0.717) is 0 Å². The quantitative estimate of drug-likeness (QED) is 0.782. The standard InChI is InChI=1S/C15H18N2/c1-17-8-6-13(11-17)9-12-4-5-15-14(10-12)3-2-7-16-15/h2-5,7,10,13H,6,8-9,11H2,1H3/t13-/m0/s1. The number of rotatable bonds is 2. The van der Waals surface area contributed by atoms with E-state index in [4.69, 9.17) is 0 Å².